The van der Waals surface area contributed by atoms with E-state index in [1.54, 1.807) is 24.3 Å². The van der Waals surface area contributed by atoms with Crippen molar-refractivity contribution < 1.29 is 19.8 Å². The average Bonchev–Trinajstić information content (AvgIpc) is 2.46. The van der Waals surface area contributed by atoms with Gasteiger partial charge in [0.2, 0.25) is 5.91 Å². The summed E-state index contributed by atoms with van der Waals surface area (Å²) in [6, 6.07) is 6.01. The fraction of sp³-hybridized carbons (Fsp3) is 0.529. The van der Waals surface area contributed by atoms with Crippen LogP contribution in [0.15, 0.2) is 24.3 Å². The van der Waals surface area contributed by atoms with E-state index in [1.807, 2.05) is 25.8 Å². The molecule has 0 aromatic heterocycles. The number of carbonyl (C=O) groups excluding carboxylic acids is 1. The van der Waals surface area contributed by atoms with Gasteiger partial charge in [0, 0.05) is 25.7 Å². The molecule has 1 atom stereocenters. The zero-order valence-corrected chi connectivity index (χ0v) is 14.0. The van der Waals surface area contributed by atoms with Crippen molar-refractivity contribution in [2.75, 3.05) is 18.5 Å². The van der Waals surface area contributed by atoms with E-state index in [2.05, 4.69) is 5.32 Å². The van der Waals surface area contributed by atoms with Crippen LogP contribution in [-0.2, 0) is 9.59 Å². The molecule has 0 heterocycles. The van der Waals surface area contributed by atoms with E-state index in [4.69, 9.17) is 5.11 Å². The normalized spacial score (nSPS) is 12.0. The highest BCUT2D eigenvalue weighted by Crippen LogP contribution is 2.17. The van der Waals surface area contributed by atoms with Gasteiger partial charge in [-0.05, 0) is 43.0 Å². The minimum atomic E-state index is -0.992. The van der Waals surface area contributed by atoms with Gasteiger partial charge in [0.25, 0.3) is 0 Å². The fourth-order valence-corrected chi connectivity index (χ4v) is 2.27. The molecule has 3 N–H and O–H groups in total. The summed E-state index contributed by atoms with van der Waals surface area (Å²) < 4.78 is 0. The Morgan fingerprint density at radius 2 is 1.83 bits per heavy atom. The summed E-state index contributed by atoms with van der Waals surface area (Å²) in [5, 5.41) is 21.0. The molecule has 1 aromatic carbocycles. The van der Waals surface area contributed by atoms with Crippen molar-refractivity contribution in [1.29, 1.82) is 0 Å². The molecule has 0 aliphatic heterocycles. The van der Waals surface area contributed by atoms with Gasteiger partial charge >= 0.3 is 5.97 Å². The minimum Gasteiger partial charge on any atom is -0.508 e. The molecule has 1 rings (SSSR count). The smallest absolute Gasteiger partial charge is 0.326 e. The number of hydrogen-bond acceptors (Lipinski definition) is 4. The van der Waals surface area contributed by atoms with E-state index < -0.39 is 12.0 Å². The van der Waals surface area contributed by atoms with Crippen LogP contribution < -0.4 is 10.2 Å². The lowest BCUT2D eigenvalue weighted by Gasteiger charge is -2.20. The summed E-state index contributed by atoms with van der Waals surface area (Å²) in [6.07, 6.45) is 1.33. The largest absolute Gasteiger partial charge is 0.508 e. The number of aliphatic carboxylic acids is 1. The predicted octanol–water partition coefficient (Wildman–Crippen LogP) is 2.22. The lowest BCUT2D eigenvalue weighted by atomic mass is 10.0. The van der Waals surface area contributed by atoms with Crippen LogP contribution in [0, 0.1) is 5.92 Å². The number of benzene rings is 1. The Kier molecular flexibility index (Phi) is 7.38. The Bertz CT molecular complexity index is 514. The molecular weight excluding hydrogens is 296 g/mol. The molecular formula is C17H26N2O4. The molecule has 0 spiro atoms. The highest BCUT2D eigenvalue weighted by Gasteiger charge is 2.20. The summed E-state index contributed by atoms with van der Waals surface area (Å²) >= 11 is 0. The van der Waals surface area contributed by atoms with E-state index in [1.165, 1.54) is 0 Å². The number of carbonyl (C=O) groups is 2. The highest BCUT2D eigenvalue weighted by molar-refractivity contribution is 5.83. The Hall–Kier alpha value is -2.24. The van der Waals surface area contributed by atoms with Crippen LogP contribution >= 0.6 is 0 Å². The highest BCUT2D eigenvalue weighted by atomic mass is 16.4. The number of nitrogens with one attached hydrogen (secondary N) is 1. The number of rotatable bonds is 9. The first-order valence-electron chi connectivity index (χ1n) is 7.82. The third kappa shape index (κ3) is 7.04. The molecule has 0 radical (unpaired) electrons. The van der Waals surface area contributed by atoms with Crippen molar-refractivity contribution >= 4 is 17.6 Å². The van der Waals surface area contributed by atoms with Crippen LogP contribution in [-0.4, -0.2) is 41.7 Å². The Balaban J connectivity index is 2.37. The van der Waals surface area contributed by atoms with Crippen LogP contribution in [0.4, 0.5) is 5.69 Å². The number of hydrogen-bond donors (Lipinski definition) is 3. The number of phenols is 1. The monoisotopic (exact) mass is 322 g/mol. The third-order valence-corrected chi connectivity index (χ3v) is 3.53. The molecule has 23 heavy (non-hydrogen) atoms. The van der Waals surface area contributed by atoms with Gasteiger partial charge in [0.15, 0.2) is 0 Å². The fourth-order valence-electron chi connectivity index (χ4n) is 2.27. The van der Waals surface area contributed by atoms with E-state index >= 15 is 0 Å². The number of carboxylic acids is 1. The third-order valence-electron chi connectivity index (χ3n) is 3.53. The van der Waals surface area contributed by atoms with Crippen molar-refractivity contribution in [3.63, 3.8) is 0 Å². The summed E-state index contributed by atoms with van der Waals surface area (Å²) in [4.78, 5) is 25.0. The van der Waals surface area contributed by atoms with Crippen molar-refractivity contribution in [2.24, 2.45) is 5.92 Å². The average molecular weight is 322 g/mol. The van der Waals surface area contributed by atoms with Gasteiger partial charge in [-0.2, -0.15) is 0 Å². The molecule has 0 saturated heterocycles. The van der Waals surface area contributed by atoms with Crippen LogP contribution in [0.2, 0.25) is 0 Å². The van der Waals surface area contributed by atoms with Crippen molar-refractivity contribution in [3.05, 3.63) is 24.3 Å². The number of nitrogens with zero attached hydrogens (tertiary/aromatic N) is 1. The Morgan fingerprint density at radius 1 is 1.22 bits per heavy atom. The van der Waals surface area contributed by atoms with Gasteiger partial charge in [-0.15, -0.1) is 0 Å². The topological polar surface area (TPSA) is 89.9 Å². The van der Waals surface area contributed by atoms with Gasteiger partial charge in [0.05, 0.1) is 0 Å². The summed E-state index contributed by atoms with van der Waals surface area (Å²) in [5.74, 6) is -0.811. The van der Waals surface area contributed by atoms with Crippen LogP contribution in [0.5, 0.6) is 5.75 Å². The quantitative estimate of drug-likeness (QED) is 0.648. The van der Waals surface area contributed by atoms with Crippen molar-refractivity contribution in [2.45, 2.75) is 39.2 Å². The zero-order chi connectivity index (χ0) is 17.4. The summed E-state index contributed by atoms with van der Waals surface area (Å²) in [7, 11) is 1.91. The first-order valence-corrected chi connectivity index (χ1v) is 7.82. The molecule has 0 fully saturated rings. The van der Waals surface area contributed by atoms with E-state index in [-0.39, 0.29) is 24.0 Å². The Morgan fingerprint density at radius 3 is 2.35 bits per heavy atom. The van der Waals surface area contributed by atoms with E-state index in [0.29, 0.717) is 19.4 Å². The molecule has 6 nitrogen and oxygen atoms in total. The summed E-state index contributed by atoms with van der Waals surface area (Å²) in [6.45, 7) is 4.52. The predicted molar refractivity (Wildman–Crippen MR) is 89.6 cm³/mol. The standard InChI is InChI=1S/C17H26N2O4/c1-12(2)11-15(17(22)23)18-16(21)5-4-10-19(3)13-6-8-14(20)9-7-13/h6-9,12,15,20H,4-5,10-11H2,1-3H3,(H,18,21)(H,22,23). The van der Waals surface area contributed by atoms with Crippen molar-refractivity contribution in [1.82, 2.24) is 5.32 Å². The van der Waals surface area contributed by atoms with Crippen LogP contribution in [0.3, 0.4) is 0 Å². The second kappa shape index (κ2) is 9.02. The molecule has 0 bridgehead atoms. The number of aromatic hydroxyl groups is 1. The molecule has 1 unspecified atom stereocenters. The number of amides is 1. The number of anilines is 1. The number of carboxylic acid groups (broad SMARTS) is 1. The molecule has 0 aliphatic rings. The minimum absolute atomic E-state index is 0.206. The zero-order valence-electron chi connectivity index (χ0n) is 14.0. The molecule has 1 aromatic rings. The first kappa shape index (κ1) is 18.8. The molecule has 0 saturated carbocycles. The van der Waals surface area contributed by atoms with Gasteiger partial charge < -0.3 is 20.4 Å². The van der Waals surface area contributed by atoms with Crippen molar-refractivity contribution in [3.8, 4) is 5.75 Å². The van der Waals surface area contributed by atoms with Gasteiger partial charge in [0.1, 0.15) is 11.8 Å². The van der Waals surface area contributed by atoms with Gasteiger partial charge in [-0.1, -0.05) is 13.8 Å². The molecule has 1 amide bonds. The Labute approximate surface area is 137 Å². The van der Waals surface area contributed by atoms with Crippen LogP contribution in [0.1, 0.15) is 33.1 Å². The summed E-state index contributed by atoms with van der Waals surface area (Å²) in [5.41, 5.74) is 0.950. The van der Waals surface area contributed by atoms with E-state index in [9.17, 15) is 14.7 Å². The molecule has 0 aliphatic carbocycles. The van der Waals surface area contributed by atoms with Gasteiger partial charge in [-0.3, -0.25) is 4.79 Å². The van der Waals surface area contributed by atoms with Gasteiger partial charge in [-0.25, -0.2) is 4.79 Å². The second-order valence-electron chi connectivity index (χ2n) is 6.13. The molecule has 6 heteroatoms. The van der Waals surface area contributed by atoms with E-state index in [0.717, 1.165) is 5.69 Å². The first-order chi connectivity index (χ1) is 10.8. The lowest BCUT2D eigenvalue weighted by molar-refractivity contribution is -0.142. The molecule has 128 valence electrons. The second-order valence-corrected chi connectivity index (χ2v) is 6.13. The maximum Gasteiger partial charge on any atom is 0.326 e. The number of phenolic OH excluding ortho intramolecular Hbond substituents is 1. The maximum absolute atomic E-state index is 11.9. The van der Waals surface area contributed by atoms with Crippen LogP contribution in [0.25, 0.3) is 0 Å². The maximum atomic E-state index is 11.9. The lowest BCUT2D eigenvalue weighted by Crippen LogP contribution is -2.41. The SMILES string of the molecule is CC(C)CC(NC(=O)CCCN(C)c1ccc(O)cc1)C(=O)O.